The molecule has 0 heterocycles. The highest BCUT2D eigenvalue weighted by Gasteiger charge is 2.24. The van der Waals surface area contributed by atoms with Crippen LogP contribution in [0.15, 0.2) is 30.3 Å². The number of halogens is 1. The number of hydrogen-bond acceptors (Lipinski definition) is 2. The lowest BCUT2D eigenvalue weighted by Crippen LogP contribution is -2.34. The van der Waals surface area contributed by atoms with E-state index in [4.69, 9.17) is 0 Å². The number of aliphatic hydroxyl groups excluding tert-OH is 1. The molecule has 2 atom stereocenters. The molecule has 0 amide bonds. The number of nitrogens with one attached hydrogen (secondary N) is 1. The van der Waals surface area contributed by atoms with Crippen molar-refractivity contribution in [2.45, 2.75) is 38.0 Å². The first-order valence-corrected chi connectivity index (χ1v) is 5.31. The quantitative estimate of drug-likeness (QED) is 0.829. The molecule has 2 rings (SSSR count). The Morgan fingerprint density at radius 3 is 2.53 bits per heavy atom. The summed E-state index contributed by atoms with van der Waals surface area (Å²) in [7, 11) is 0. The molecule has 1 fully saturated rings. The van der Waals surface area contributed by atoms with Gasteiger partial charge >= 0.3 is 0 Å². The van der Waals surface area contributed by atoms with E-state index in [2.05, 4.69) is 17.4 Å². The molecule has 2 N–H and O–H groups in total. The van der Waals surface area contributed by atoms with Crippen LogP contribution in [0.4, 0.5) is 0 Å². The van der Waals surface area contributed by atoms with Crippen LogP contribution >= 0.6 is 12.4 Å². The van der Waals surface area contributed by atoms with Crippen molar-refractivity contribution in [2.75, 3.05) is 0 Å². The van der Waals surface area contributed by atoms with Crippen LogP contribution in [-0.4, -0.2) is 17.3 Å². The summed E-state index contributed by atoms with van der Waals surface area (Å²) in [4.78, 5) is 0. The van der Waals surface area contributed by atoms with Crippen LogP contribution in [0, 0.1) is 0 Å². The normalized spacial score (nSPS) is 24.9. The second-order valence-corrected chi connectivity index (χ2v) is 3.97. The molecule has 1 aromatic carbocycles. The molecule has 0 unspecified atom stereocenters. The Morgan fingerprint density at radius 1 is 1.20 bits per heavy atom. The van der Waals surface area contributed by atoms with Crippen LogP contribution in [0.2, 0.25) is 0 Å². The lowest BCUT2D eigenvalue weighted by molar-refractivity contribution is 0.148. The third-order valence-electron chi connectivity index (χ3n) is 2.89. The predicted octanol–water partition coefficient (Wildman–Crippen LogP) is 2.11. The summed E-state index contributed by atoms with van der Waals surface area (Å²) in [5, 5.41) is 13.0. The van der Waals surface area contributed by atoms with E-state index in [1.807, 2.05) is 18.2 Å². The van der Waals surface area contributed by atoms with E-state index in [1.54, 1.807) is 0 Å². The molecule has 1 aromatic rings. The van der Waals surface area contributed by atoms with Gasteiger partial charge in [0.1, 0.15) is 0 Å². The topological polar surface area (TPSA) is 32.3 Å². The molecule has 2 nitrogen and oxygen atoms in total. The molecule has 0 bridgehead atoms. The molecule has 0 aliphatic heterocycles. The molecule has 0 radical (unpaired) electrons. The average Bonchev–Trinajstić information content (AvgIpc) is 2.63. The molecule has 1 aliphatic carbocycles. The number of rotatable bonds is 3. The number of aliphatic hydroxyl groups is 1. The van der Waals surface area contributed by atoms with Crippen molar-refractivity contribution in [3.05, 3.63) is 35.9 Å². The highest BCUT2D eigenvalue weighted by atomic mass is 35.5. The maximum Gasteiger partial charge on any atom is 0.0693 e. The summed E-state index contributed by atoms with van der Waals surface area (Å²) in [5.74, 6) is 0. The Balaban J connectivity index is 0.00000112. The fourth-order valence-corrected chi connectivity index (χ4v) is 2.02. The van der Waals surface area contributed by atoms with Crippen LogP contribution in [0.3, 0.4) is 0 Å². The SMILES string of the molecule is Cl.O[C@@H]1CCC[C@H]1NCc1ccccc1. The lowest BCUT2D eigenvalue weighted by Gasteiger charge is -2.16. The van der Waals surface area contributed by atoms with Gasteiger partial charge in [0, 0.05) is 12.6 Å². The Bertz CT molecular complexity index is 278. The van der Waals surface area contributed by atoms with E-state index in [9.17, 15) is 5.11 Å². The molecule has 0 aromatic heterocycles. The van der Waals surface area contributed by atoms with E-state index in [-0.39, 0.29) is 18.5 Å². The van der Waals surface area contributed by atoms with Crippen molar-refractivity contribution in [2.24, 2.45) is 0 Å². The van der Waals surface area contributed by atoms with Crippen molar-refractivity contribution in [1.82, 2.24) is 5.32 Å². The molecular weight excluding hydrogens is 210 g/mol. The molecule has 0 spiro atoms. The van der Waals surface area contributed by atoms with Gasteiger partial charge in [-0.15, -0.1) is 12.4 Å². The maximum absolute atomic E-state index is 9.60. The monoisotopic (exact) mass is 227 g/mol. The first kappa shape index (κ1) is 12.5. The van der Waals surface area contributed by atoms with Crippen molar-refractivity contribution >= 4 is 12.4 Å². The summed E-state index contributed by atoms with van der Waals surface area (Å²) in [6, 6.07) is 10.6. The minimum Gasteiger partial charge on any atom is -0.392 e. The van der Waals surface area contributed by atoms with Gasteiger partial charge in [0.25, 0.3) is 0 Å². The molecule has 15 heavy (non-hydrogen) atoms. The zero-order valence-corrected chi connectivity index (χ0v) is 9.54. The Labute approximate surface area is 97.1 Å². The minimum absolute atomic E-state index is 0. The summed E-state index contributed by atoms with van der Waals surface area (Å²) in [6.45, 7) is 0.864. The Hall–Kier alpha value is -0.570. The molecular formula is C12H18ClNO. The smallest absolute Gasteiger partial charge is 0.0693 e. The van der Waals surface area contributed by atoms with Gasteiger partial charge in [0.05, 0.1) is 6.10 Å². The first-order chi connectivity index (χ1) is 6.86. The van der Waals surface area contributed by atoms with Crippen LogP contribution in [-0.2, 0) is 6.54 Å². The zero-order valence-electron chi connectivity index (χ0n) is 8.73. The molecule has 1 aliphatic rings. The summed E-state index contributed by atoms with van der Waals surface area (Å²) in [6.07, 6.45) is 3.06. The highest BCUT2D eigenvalue weighted by molar-refractivity contribution is 5.85. The molecule has 1 saturated carbocycles. The van der Waals surface area contributed by atoms with Crippen molar-refractivity contribution in [3.8, 4) is 0 Å². The first-order valence-electron chi connectivity index (χ1n) is 5.31. The van der Waals surface area contributed by atoms with Gasteiger partial charge in [-0.05, 0) is 24.8 Å². The van der Waals surface area contributed by atoms with E-state index in [0.29, 0.717) is 6.04 Å². The molecule has 84 valence electrons. The van der Waals surface area contributed by atoms with Gasteiger partial charge < -0.3 is 10.4 Å². The molecule has 3 heteroatoms. The van der Waals surface area contributed by atoms with Gasteiger partial charge in [-0.25, -0.2) is 0 Å². The highest BCUT2D eigenvalue weighted by Crippen LogP contribution is 2.19. The number of benzene rings is 1. The summed E-state index contributed by atoms with van der Waals surface area (Å²) >= 11 is 0. The van der Waals surface area contributed by atoms with Gasteiger partial charge in [-0.2, -0.15) is 0 Å². The minimum atomic E-state index is -0.140. The van der Waals surface area contributed by atoms with E-state index in [0.717, 1.165) is 25.8 Å². The van der Waals surface area contributed by atoms with Crippen molar-refractivity contribution in [3.63, 3.8) is 0 Å². The summed E-state index contributed by atoms with van der Waals surface area (Å²) < 4.78 is 0. The Morgan fingerprint density at radius 2 is 1.93 bits per heavy atom. The Kier molecular flexibility index (Phi) is 5.09. The zero-order chi connectivity index (χ0) is 9.80. The van der Waals surface area contributed by atoms with Gasteiger partial charge in [0.15, 0.2) is 0 Å². The standard InChI is InChI=1S/C12H17NO.ClH/c14-12-8-4-7-11(12)13-9-10-5-2-1-3-6-10;/h1-3,5-6,11-14H,4,7-9H2;1H/t11-,12-;/m1./s1. The van der Waals surface area contributed by atoms with Gasteiger partial charge in [-0.3, -0.25) is 0 Å². The predicted molar refractivity (Wildman–Crippen MR) is 64.2 cm³/mol. The van der Waals surface area contributed by atoms with Crippen LogP contribution < -0.4 is 5.32 Å². The van der Waals surface area contributed by atoms with E-state index < -0.39 is 0 Å². The van der Waals surface area contributed by atoms with Crippen LogP contribution in [0.5, 0.6) is 0 Å². The van der Waals surface area contributed by atoms with Crippen LogP contribution in [0.25, 0.3) is 0 Å². The van der Waals surface area contributed by atoms with Crippen molar-refractivity contribution < 1.29 is 5.11 Å². The van der Waals surface area contributed by atoms with Crippen molar-refractivity contribution in [1.29, 1.82) is 0 Å². The second kappa shape index (κ2) is 6.11. The van der Waals surface area contributed by atoms with E-state index in [1.165, 1.54) is 5.56 Å². The number of hydrogen-bond donors (Lipinski definition) is 2. The fraction of sp³-hybridized carbons (Fsp3) is 0.500. The van der Waals surface area contributed by atoms with Gasteiger partial charge in [0.2, 0.25) is 0 Å². The third-order valence-corrected chi connectivity index (χ3v) is 2.89. The summed E-state index contributed by atoms with van der Waals surface area (Å²) in [5.41, 5.74) is 1.28. The largest absolute Gasteiger partial charge is 0.392 e. The average molecular weight is 228 g/mol. The van der Waals surface area contributed by atoms with Crippen LogP contribution in [0.1, 0.15) is 24.8 Å². The van der Waals surface area contributed by atoms with E-state index >= 15 is 0 Å². The lowest BCUT2D eigenvalue weighted by atomic mass is 10.2. The second-order valence-electron chi connectivity index (χ2n) is 3.97. The maximum atomic E-state index is 9.60. The fourth-order valence-electron chi connectivity index (χ4n) is 2.02. The van der Waals surface area contributed by atoms with Gasteiger partial charge in [-0.1, -0.05) is 30.3 Å². The molecule has 0 saturated heterocycles. The third kappa shape index (κ3) is 3.49.